The molecule has 0 aromatic carbocycles. The maximum Gasteiger partial charge on any atom is -0.0322 e. The van der Waals surface area contributed by atoms with Crippen LogP contribution >= 0.6 is 0 Å². The molecule has 0 N–H and O–H groups in total. The Morgan fingerprint density at radius 1 is 0.938 bits per heavy atom. The third-order valence-electron chi connectivity index (χ3n) is 4.17. The lowest BCUT2D eigenvalue weighted by Crippen LogP contribution is -2.09. The minimum Gasteiger partial charge on any atom is -0.0917 e. The molecule has 0 spiro atoms. The average Bonchev–Trinajstić information content (AvgIpc) is 2.33. The first-order valence-electron chi connectivity index (χ1n) is 7.48. The largest absolute Gasteiger partial charge is 0.0917 e. The fourth-order valence-corrected chi connectivity index (χ4v) is 3.02. The van der Waals surface area contributed by atoms with E-state index in [4.69, 9.17) is 0 Å². The SMILES string of the molecule is C/C=C/CC1CCCCCCCC(CC)C1. The van der Waals surface area contributed by atoms with Crippen LogP contribution in [0.1, 0.15) is 78.1 Å². The Labute approximate surface area is 103 Å². The third kappa shape index (κ3) is 5.72. The van der Waals surface area contributed by atoms with Crippen LogP contribution in [0.4, 0.5) is 0 Å². The smallest absolute Gasteiger partial charge is 0.0322 e. The molecule has 0 heterocycles. The van der Waals surface area contributed by atoms with Gasteiger partial charge in [-0.3, -0.25) is 0 Å². The van der Waals surface area contributed by atoms with Crippen molar-refractivity contribution in [3.05, 3.63) is 12.2 Å². The van der Waals surface area contributed by atoms with Crippen LogP contribution in [-0.2, 0) is 0 Å². The molecule has 0 radical (unpaired) electrons. The summed E-state index contributed by atoms with van der Waals surface area (Å²) in [7, 11) is 0. The molecular weight excluding hydrogens is 192 g/mol. The molecule has 1 fully saturated rings. The van der Waals surface area contributed by atoms with Crippen molar-refractivity contribution in [1.29, 1.82) is 0 Å². The quantitative estimate of drug-likeness (QED) is 0.535. The predicted octanol–water partition coefficient (Wildman–Crippen LogP) is 5.73. The van der Waals surface area contributed by atoms with Gasteiger partial charge in [-0.2, -0.15) is 0 Å². The van der Waals surface area contributed by atoms with E-state index in [9.17, 15) is 0 Å². The molecule has 2 atom stereocenters. The zero-order valence-electron chi connectivity index (χ0n) is 11.4. The van der Waals surface area contributed by atoms with E-state index in [2.05, 4.69) is 26.0 Å². The zero-order chi connectivity index (χ0) is 11.6. The predicted molar refractivity (Wildman–Crippen MR) is 73.6 cm³/mol. The van der Waals surface area contributed by atoms with Crippen LogP contribution in [0.25, 0.3) is 0 Å². The Morgan fingerprint density at radius 2 is 1.56 bits per heavy atom. The van der Waals surface area contributed by atoms with E-state index >= 15 is 0 Å². The summed E-state index contributed by atoms with van der Waals surface area (Å²) in [5, 5.41) is 0. The van der Waals surface area contributed by atoms with Gasteiger partial charge in [0, 0.05) is 0 Å². The highest BCUT2D eigenvalue weighted by molar-refractivity contribution is 4.81. The monoisotopic (exact) mass is 222 g/mol. The summed E-state index contributed by atoms with van der Waals surface area (Å²) in [6.45, 7) is 4.53. The van der Waals surface area contributed by atoms with E-state index in [0.29, 0.717) is 0 Å². The van der Waals surface area contributed by atoms with Gasteiger partial charge >= 0.3 is 0 Å². The third-order valence-corrected chi connectivity index (χ3v) is 4.17. The minimum atomic E-state index is 0.972. The second kappa shape index (κ2) is 8.84. The average molecular weight is 222 g/mol. The highest BCUT2D eigenvalue weighted by Gasteiger charge is 2.15. The van der Waals surface area contributed by atoms with E-state index < -0.39 is 0 Å². The molecule has 2 unspecified atom stereocenters. The number of allylic oxidation sites excluding steroid dienone is 2. The van der Waals surface area contributed by atoms with Gasteiger partial charge in [-0.1, -0.05) is 70.4 Å². The highest BCUT2D eigenvalue weighted by Crippen LogP contribution is 2.29. The van der Waals surface area contributed by atoms with Crippen molar-refractivity contribution in [3.63, 3.8) is 0 Å². The summed E-state index contributed by atoms with van der Waals surface area (Å²) < 4.78 is 0. The van der Waals surface area contributed by atoms with Gasteiger partial charge in [-0.05, 0) is 31.6 Å². The van der Waals surface area contributed by atoms with E-state index in [-0.39, 0.29) is 0 Å². The van der Waals surface area contributed by atoms with Gasteiger partial charge in [0.1, 0.15) is 0 Å². The van der Waals surface area contributed by atoms with Crippen LogP contribution in [0, 0.1) is 11.8 Å². The summed E-state index contributed by atoms with van der Waals surface area (Å²) in [6, 6.07) is 0. The van der Waals surface area contributed by atoms with Crippen LogP contribution < -0.4 is 0 Å². The zero-order valence-corrected chi connectivity index (χ0v) is 11.4. The Balaban J connectivity index is 2.42. The molecule has 0 heteroatoms. The molecule has 0 nitrogen and oxygen atoms in total. The fourth-order valence-electron chi connectivity index (χ4n) is 3.02. The summed E-state index contributed by atoms with van der Waals surface area (Å²) in [5.41, 5.74) is 0. The van der Waals surface area contributed by atoms with Crippen molar-refractivity contribution >= 4 is 0 Å². The van der Waals surface area contributed by atoms with Gasteiger partial charge in [0.05, 0.1) is 0 Å². The first kappa shape index (κ1) is 13.8. The topological polar surface area (TPSA) is 0 Å². The van der Waals surface area contributed by atoms with Gasteiger partial charge in [-0.15, -0.1) is 0 Å². The molecule has 0 amide bonds. The van der Waals surface area contributed by atoms with E-state index in [1.165, 1.54) is 64.2 Å². The van der Waals surface area contributed by atoms with Crippen LogP contribution in [0.15, 0.2) is 12.2 Å². The second-order valence-corrected chi connectivity index (χ2v) is 5.53. The Kier molecular flexibility index (Phi) is 7.63. The molecule has 0 bridgehead atoms. The molecule has 1 rings (SSSR count). The number of hydrogen-bond acceptors (Lipinski definition) is 0. The Hall–Kier alpha value is -0.260. The lowest BCUT2D eigenvalue weighted by atomic mass is 9.83. The Morgan fingerprint density at radius 3 is 2.19 bits per heavy atom. The van der Waals surface area contributed by atoms with Crippen LogP contribution in [0.2, 0.25) is 0 Å². The first-order chi connectivity index (χ1) is 7.86. The molecule has 0 aromatic rings. The standard InChI is InChI=1S/C16H30/c1-3-5-11-16-13-10-8-6-7-9-12-15(4-2)14-16/h3,5,15-16H,4,6-14H2,1-2H3/b5-3+. The van der Waals surface area contributed by atoms with Crippen LogP contribution in [-0.4, -0.2) is 0 Å². The van der Waals surface area contributed by atoms with E-state index in [1.807, 2.05) is 0 Å². The van der Waals surface area contributed by atoms with E-state index in [1.54, 1.807) is 0 Å². The normalized spacial score (nSPS) is 29.4. The van der Waals surface area contributed by atoms with Crippen LogP contribution in [0.3, 0.4) is 0 Å². The Bertz CT molecular complexity index is 180. The molecule has 1 aliphatic rings. The van der Waals surface area contributed by atoms with Crippen LogP contribution in [0.5, 0.6) is 0 Å². The molecule has 0 aliphatic heterocycles. The van der Waals surface area contributed by atoms with Gasteiger partial charge in [0.15, 0.2) is 0 Å². The van der Waals surface area contributed by atoms with Gasteiger partial charge in [0.25, 0.3) is 0 Å². The minimum absolute atomic E-state index is 0.972. The molecule has 0 aromatic heterocycles. The maximum atomic E-state index is 2.38. The number of hydrogen-bond donors (Lipinski definition) is 0. The molecule has 94 valence electrons. The molecule has 0 saturated heterocycles. The van der Waals surface area contributed by atoms with Gasteiger partial charge in [0.2, 0.25) is 0 Å². The van der Waals surface area contributed by atoms with Gasteiger partial charge in [-0.25, -0.2) is 0 Å². The van der Waals surface area contributed by atoms with Crippen molar-refractivity contribution in [2.75, 3.05) is 0 Å². The fraction of sp³-hybridized carbons (Fsp3) is 0.875. The van der Waals surface area contributed by atoms with Crippen molar-refractivity contribution in [2.45, 2.75) is 78.1 Å². The van der Waals surface area contributed by atoms with Crippen molar-refractivity contribution in [1.82, 2.24) is 0 Å². The lowest BCUT2D eigenvalue weighted by Gasteiger charge is -2.23. The molecule has 16 heavy (non-hydrogen) atoms. The maximum absolute atomic E-state index is 2.38. The number of rotatable bonds is 3. The summed E-state index contributed by atoms with van der Waals surface area (Å²) in [6.07, 6.45) is 19.2. The first-order valence-corrected chi connectivity index (χ1v) is 7.48. The summed E-state index contributed by atoms with van der Waals surface area (Å²) in [5.74, 6) is 1.98. The molecule has 1 saturated carbocycles. The lowest BCUT2D eigenvalue weighted by molar-refractivity contribution is 0.304. The van der Waals surface area contributed by atoms with Gasteiger partial charge < -0.3 is 0 Å². The molecule has 1 aliphatic carbocycles. The van der Waals surface area contributed by atoms with Crippen molar-refractivity contribution in [3.8, 4) is 0 Å². The van der Waals surface area contributed by atoms with E-state index in [0.717, 1.165) is 11.8 Å². The van der Waals surface area contributed by atoms with Crippen molar-refractivity contribution < 1.29 is 0 Å². The van der Waals surface area contributed by atoms with Crippen molar-refractivity contribution in [2.24, 2.45) is 11.8 Å². The summed E-state index contributed by atoms with van der Waals surface area (Å²) in [4.78, 5) is 0. The second-order valence-electron chi connectivity index (χ2n) is 5.53. The summed E-state index contributed by atoms with van der Waals surface area (Å²) >= 11 is 0. The highest BCUT2D eigenvalue weighted by atomic mass is 14.2. The molecular formula is C16H30.